The molecule has 4 atom stereocenters. The summed E-state index contributed by atoms with van der Waals surface area (Å²) in [7, 11) is 2.15. The molecule has 27 heavy (non-hydrogen) atoms. The van der Waals surface area contributed by atoms with Crippen LogP contribution in [0.25, 0.3) is 0 Å². The lowest BCUT2D eigenvalue weighted by Crippen LogP contribution is -2.43. The molecule has 0 aromatic heterocycles. The maximum Gasteiger partial charge on any atom is 0.238 e. The number of nitrogens with zero attached hydrogens (tertiary/aromatic N) is 2. The summed E-state index contributed by atoms with van der Waals surface area (Å²) in [6, 6.07) is 15.5. The van der Waals surface area contributed by atoms with Gasteiger partial charge in [-0.3, -0.25) is 14.6 Å². The summed E-state index contributed by atoms with van der Waals surface area (Å²) >= 11 is 1.86. The largest absolute Gasteiger partial charge is 0.508 e. The molecule has 0 saturated carbocycles. The molecule has 3 aliphatic rings. The van der Waals surface area contributed by atoms with Crippen LogP contribution in [0.3, 0.4) is 0 Å². The molecule has 1 N–H and O–H groups in total. The summed E-state index contributed by atoms with van der Waals surface area (Å²) in [5.41, 5.74) is 4.24. The maximum atomic E-state index is 13.7. The van der Waals surface area contributed by atoms with E-state index >= 15 is 0 Å². The van der Waals surface area contributed by atoms with E-state index in [0.29, 0.717) is 0 Å². The number of hydrogen-bond acceptors (Lipinski definition) is 4. The molecule has 2 saturated heterocycles. The molecule has 2 unspecified atom stereocenters. The van der Waals surface area contributed by atoms with Gasteiger partial charge in [0.15, 0.2) is 0 Å². The number of phenolic OH excluding ortho intramolecular Hbond substituents is 1. The minimum Gasteiger partial charge on any atom is -0.508 e. The first-order chi connectivity index (χ1) is 13.0. The standard InChI is InChI=1S/C22H22N2O2S/c1-4-27-22-17-8-6-5-7-16(17)20(23(22)3)18-13(2)24(21(26)19(18)22)14-9-11-15(25)12-10-14/h5-12,18-20,25H,2,4H2,1,3H3/t18?,19-,20?,22+/m1/s1. The van der Waals surface area contributed by atoms with E-state index in [1.54, 1.807) is 29.2 Å². The Morgan fingerprint density at radius 2 is 1.89 bits per heavy atom. The van der Waals surface area contributed by atoms with Gasteiger partial charge in [-0.25, -0.2) is 0 Å². The van der Waals surface area contributed by atoms with Gasteiger partial charge in [0.1, 0.15) is 10.6 Å². The van der Waals surface area contributed by atoms with Crippen molar-refractivity contribution in [1.29, 1.82) is 0 Å². The van der Waals surface area contributed by atoms with Gasteiger partial charge in [0.25, 0.3) is 0 Å². The maximum absolute atomic E-state index is 13.7. The Balaban J connectivity index is 1.68. The van der Waals surface area contributed by atoms with Crippen LogP contribution in [0.2, 0.25) is 0 Å². The first-order valence-electron chi connectivity index (χ1n) is 9.30. The Kier molecular flexibility index (Phi) is 3.52. The quantitative estimate of drug-likeness (QED) is 0.874. The SMILES string of the molecule is C=C1C2C3c4ccccc4[C@](SCC)([C@H]2C(=O)N1c1ccc(O)cc1)N3C. The Morgan fingerprint density at radius 1 is 1.19 bits per heavy atom. The van der Waals surface area contributed by atoms with Crippen LogP contribution in [0.1, 0.15) is 24.1 Å². The van der Waals surface area contributed by atoms with E-state index in [0.717, 1.165) is 17.1 Å². The van der Waals surface area contributed by atoms with Crippen molar-refractivity contribution in [3.63, 3.8) is 0 Å². The monoisotopic (exact) mass is 378 g/mol. The van der Waals surface area contributed by atoms with Crippen LogP contribution in [0.4, 0.5) is 5.69 Å². The van der Waals surface area contributed by atoms with E-state index in [1.165, 1.54) is 11.1 Å². The number of carbonyl (C=O) groups excluding carboxylic acids is 1. The van der Waals surface area contributed by atoms with Crippen LogP contribution in [0.15, 0.2) is 60.8 Å². The topological polar surface area (TPSA) is 43.8 Å². The summed E-state index contributed by atoms with van der Waals surface area (Å²) in [6.07, 6.45) is 0. The van der Waals surface area contributed by atoms with Gasteiger partial charge in [0.05, 0.1) is 5.92 Å². The molecule has 5 heteroatoms. The number of fused-ring (bicyclic) bond motifs is 8. The van der Waals surface area contributed by atoms with E-state index < -0.39 is 0 Å². The summed E-state index contributed by atoms with van der Waals surface area (Å²) in [5.74, 6) is 1.17. The number of rotatable bonds is 3. The smallest absolute Gasteiger partial charge is 0.238 e. The highest BCUT2D eigenvalue weighted by atomic mass is 32.2. The number of carbonyl (C=O) groups is 1. The van der Waals surface area contributed by atoms with E-state index in [1.807, 2.05) is 11.8 Å². The third kappa shape index (κ3) is 1.91. The fourth-order valence-electron chi connectivity index (χ4n) is 5.44. The summed E-state index contributed by atoms with van der Waals surface area (Å²) < 4.78 is 0. The molecule has 2 aromatic carbocycles. The minimum absolute atomic E-state index is 0.0743. The van der Waals surface area contributed by atoms with Gasteiger partial charge in [-0.15, -0.1) is 11.8 Å². The van der Waals surface area contributed by atoms with Crippen LogP contribution in [-0.4, -0.2) is 28.7 Å². The first-order valence-corrected chi connectivity index (χ1v) is 10.3. The zero-order valence-corrected chi connectivity index (χ0v) is 16.2. The molecule has 0 spiro atoms. The molecular formula is C22H22N2O2S. The number of aromatic hydroxyl groups is 1. The molecule has 3 heterocycles. The van der Waals surface area contributed by atoms with Crippen LogP contribution in [-0.2, 0) is 9.67 Å². The van der Waals surface area contributed by atoms with Gasteiger partial charge in [0, 0.05) is 23.3 Å². The zero-order valence-electron chi connectivity index (χ0n) is 15.4. The van der Waals surface area contributed by atoms with E-state index in [9.17, 15) is 9.90 Å². The summed E-state index contributed by atoms with van der Waals surface area (Å²) in [4.78, 5) is 17.5. The minimum atomic E-state index is -0.341. The number of amides is 1. The van der Waals surface area contributed by atoms with Gasteiger partial charge in [-0.1, -0.05) is 37.8 Å². The van der Waals surface area contributed by atoms with Crippen molar-refractivity contribution >= 4 is 23.4 Å². The van der Waals surface area contributed by atoms with Crippen molar-refractivity contribution in [2.45, 2.75) is 17.8 Å². The molecule has 2 bridgehead atoms. The molecule has 2 aromatic rings. The zero-order chi connectivity index (χ0) is 18.9. The van der Waals surface area contributed by atoms with E-state index in [-0.39, 0.29) is 34.4 Å². The number of thioether (sulfide) groups is 1. The Hall–Kier alpha value is -2.24. The highest BCUT2D eigenvalue weighted by Gasteiger charge is 2.71. The Labute approximate surface area is 163 Å². The lowest BCUT2D eigenvalue weighted by molar-refractivity contribution is -0.122. The molecule has 4 nitrogen and oxygen atoms in total. The molecule has 0 radical (unpaired) electrons. The summed E-state index contributed by atoms with van der Waals surface area (Å²) in [5, 5.41) is 9.61. The van der Waals surface area contributed by atoms with Crippen LogP contribution >= 0.6 is 11.8 Å². The van der Waals surface area contributed by atoms with Gasteiger partial charge in [0.2, 0.25) is 5.91 Å². The third-order valence-corrected chi connectivity index (χ3v) is 7.85. The predicted molar refractivity (Wildman–Crippen MR) is 108 cm³/mol. The third-order valence-electron chi connectivity index (χ3n) is 6.36. The second-order valence-electron chi connectivity index (χ2n) is 7.46. The molecule has 1 amide bonds. The highest BCUT2D eigenvalue weighted by Crippen LogP contribution is 2.70. The van der Waals surface area contributed by atoms with Gasteiger partial charge < -0.3 is 5.11 Å². The van der Waals surface area contributed by atoms with Crippen LogP contribution < -0.4 is 4.90 Å². The van der Waals surface area contributed by atoms with Gasteiger partial charge in [-0.2, -0.15) is 0 Å². The fraction of sp³-hybridized carbons (Fsp3) is 0.318. The fourth-order valence-corrected chi connectivity index (χ4v) is 6.97. The molecule has 5 rings (SSSR count). The predicted octanol–water partition coefficient (Wildman–Crippen LogP) is 4.09. The molecule has 3 aliphatic heterocycles. The van der Waals surface area contributed by atoms with E-state index in [2.05, 4.69) is 49.7 Å². The van der Waals surface area contributed by atoms with Crippen LogP contribution in [0, 0.1) is 11.8 Å². The van der Waals surface area contributed by atoms with Crippen LogP contribution in [0.5, 0.6) is 5.75 Å². The van der Waals surface area contributed by atoms with Crippen molar-refractivity contribution in [1.82, 2.24) is 4.90 Å². The van der Waals surface area contributed by atoms with Crippen molar-refractivity contribution in [3.8, 4) is 5.75 Å². The number of phenols is 1. The first kappa shape index (κ1) is 16.9. The highest BCUT2D eigenvalue weighted by molar-refractivity contribution is 8.00. The number of benzene rings is 2. The summed E-state index contributed by atoms with van der Waals surface area (Å²) in [6.45, 7) is 6.51. The molecular weight excluding hydrogens is 356 g/mol. The van der Waals surface area contributed by atoms with Crippen molar-refractivity contribution in [3.05, 3.63) is 71.9 Å². The van der Waals surface area contributed by atoms with Crippen molar-refractivity contribution in [2.24, 2.45) is 11.8 Å². The Morgan fingerprint density at radius 3 is 2.59 bits per heavy atom. The number of hydrogen-bond donors (Lipinski definition) is 1. The van der Waals surface area contributed by atoms with Crippen molar-refractivity contribution < 1.29 is 9.90 Å². The second-order valence-corrected chi connectivity index (χ2v) is 8.95. The molecule has 138 valence electrons. The lowest BCUT2D eigenvalue weighted by Gasteiger charge is -2.37. The normalized spacial score (nSPS) is 31.5. The van der Waals surface area contributed by atoms with Crippen molar-refractivity contribution in [2.75, 3.05) is 17.7 Å². The van der Waals surface area contributed by atoms with Gasteiger partial charge >= 0.3 is 0 Å². The molecule has 2 fully saturated rings. The van der Waals surface area contributed by atoms with Gasteiger partial charge in [-0.05, 0) is 48.2 Å². The Bertz CT molecular complexity index is 957. The lowest BCUT2D eigenvalue weighted by atomic mass is 9.76. The number of anilines is 1. The van der Waals surface area contributed by atoms with E-state index in [4.69, 9.17) is 0 Å². The molecule has 0 aliphatic carbocycles. The average molecular weight is 378 g/mol. The average Bonchev–Trinajstić information content (AvgIpc) is 3.17. The second kappa shape index (κ2) is 5.63.